The quantitative estimate of drug-likeness (QED) is 0.848. The van der Waals surface area contributed by atoms with Crippen molar-refractivity contribution in [3.05, 3.63) is 17.0 Å². The summed E-state index contributed by atoms with van der Waals surface area (Å²) in [6.45, 7) is 0. The van der Waals surface area contributed by atoms with Gasteiger partial charge in [0.2, 0.25) is 0 Å². The highest BCUT2D eigenvalue weighted by atomic mass is 32.1. The van der Waals surface area contributed by atoms with Crippen molar-refractivity contribution in [1.82, 2.24) is 0 Å². The van der Waals surface area contributed by atoms with E-state index in [2.05, 4.69) is 0 Å². The molecule has 0 radical (unpaired) electrons. The molecule has 1 aromatic heterocycles. The van der Waals surface area contributed by atoms with Crippen LogP contribution < -0.4 is 5.73 Å². The number of Topliss-reactive ketones (excluding diaryl/α,β-unsaturated/α-hetero) is 1. The van der Waals surface area contributed by atoms with Crippen LogP contribution in [0.5, 0.6) is 0 Å². The van der Waals surface area contributed by atoms with E-state index in [4.69, 9.17) is 5.73 Å². The van der Waals surface area contributed by atoms with E-state index in [1.807, 2.05) is 12.1 Å². The number of ketones is 1. The molecule has 3 heteroatoms. The molecule has 5 rings (SSSR count). The van der Waals surface area contributed by atoms with E-state index in [9.17, 15) is 4.79 Å². The number of nitrogens with two attached hydrogens (primary N) is 1. The summed E-state index contributed by atoms with van der Waals surface area (Å²) in [5, 5.41) is 0.758. The molecule has 4 fully saturated rings. The predicted molar refractivity (Wildman–Crippen MR) is 78.2 cm³/mol. The van der Waals surface area contributed by atoms with E-state index < -0.39 is 0 Å². The van der Waals surface area contributed by atoms with Gasteiger partial charge in [-0.15, -0.1) is 11.3 Å². The largest absolute Gasteiger partial charge is 0.391 e. The average Bonchev–Trinajstić information content (AvgIpc) is 2.79. The second-order valence-electron chi connectivity index (χ2n) is 6.92. The molecule has 1 heterocycles. The van der Waals surface area contributed by atoms with Crippen molar-refractivity contribution in [2.75, 3.05) is 5.73 Å². The summed E-state index contributed by atoms with van der Waals surface area (Å²) < 4.78 is 0. The van der Waals surface area contributed by atoms with Crippen molar-refractivity contribution < 1.29 is 4.79 Å². The van der Waals surface area contributed by atoms with Gasteiger partial charge in [-0.25, -0.2) is 0 Å². The Labute approximate surface area is 118 Å². The minimum atomic E-state index is 0.333. The molecule has 0 saturated heterocycles. The molecule has 2 nitrogen and oxygen atoms in total. The van der Waals surface area contributed by atoms with E-state index in [0.717, 1.165) is 40.0 Å². The SMILES string of the molecule is Nc1ccc(C(=O)CC2C3CC4CC(C3)CC2C4)s1. The molecule has 0 unspecified atom stereocenters. The number of thiophene rings is 1. The number of carbonyl (C=O) groups excluding carboxylic acids is 1. The first kappa shape index (κ1) is 12.0. The monoisotopic (exact) mass is 275 g/mol. The molecule has 19 heavy (non-hydrogen) atoms. The summed E-state index contributed by atoms with van der Waals surface area (Å²) in [6, 6.07) is 3.76. The van der Waals surface area contributed by atoms with E-state index in [1.54, 1.807) is 0 Å². The molecule has 4 aliphatic rings. The topological polar surface area (TPSA) is 43.1 Å². The molecule has 4 bridgehead atoms. The third kappa shape index (κ3) is 2.03. The van der Waals surface area contributed by atoms with Crippen LogP contribution in [0.1, 0.15) is 48.2 Å². The van der Waals surface area contributed by atoms with Crippen LogP contribution in [-0.4, -0.2) is 5.78 Å². The highest BCUT2D eigenvalue weighted by Gasteiger charge is 2.48. The lowest BCUT2D eigenvalue weighted by Gasteiger charge is -2.54. The summed E-state index contributed by atoms with van der Waals surface area (Å²) in [4.78, 5) is 13.3. The maximum atomic E-state index is 12.4. The molecule has 0 spiro atoms. The van der Waals surface area contributed by atoms with Crippen LogP contribution in [0, 0.1) is 29.6 Å². The maximum absolute atomic E-state index is 12.4. The van der Waals surface area contributed by atoms with Gasteiger partial charge in [-0.05, 0) is 73.8 Å². The fourth-order valence-corrected chi connectivity index (χ4v) is 5.91. The average molecular weight is 275 g/mol. The number of carbonyl (C=O) groups is 1. The highest BCUT2D eigenvalue weighted by molar-refractivity contribution is 7.17. The molecule has 4 aliphatic carbocycles. The minimum Gasteiger partial charge on any atom is -0.391 e. The Hall–Kier alpha value is -0.830. The number of hydrogen-bond donors (Lipinski definition) is 1. The van der Waals surface area contributed by atoms with Crippen LogP contribution in [0.25, 0.3) is 0 Å². The third-order valence-corrected chi connectivity index (χ3v) is 6.70. The smallest absolute Gasteiger partial charge is 0.173 e. The fourth-order valence-electron chi connectivity index (χ4n) is 5.19. The van der Waals surface area contributed by atoms with Crippen molar-refractivity contribution in [3.8, 4) is 0 Å². The Kier molecular flexibility index (Phi) is 2.73. The fraction of sp³-hybridized carbons (Fsp3) is 0.688. The molecule has 102 valence electrons. The predicted octanol–water partition coefficient (Wildman–Crippen LogP) is 3.98. The molecule has 2 N–H and O–H groups in total. The summed E-state index contributed by atoms with van der Waals surface area (Å²) >= 11 is 1.45. The van der Waals surface area contributed by atoms with Gasteiger partial charge in [-0.1, -0.05) is 0 Å². The Morgan fingerprint density at radius 1 is 1.11 bits per heavy atom. The summed E-state index contributed by atoms with van der Waals surface area (Å²) in [7, 11) is 0. The van der Waals surface area contributed by atoms with Gasteiger partial charge in [0.15, 0.2) is 5.78 Å². The van der Waals surface area contributed by atoms with Gasteiger partial charge >= 0.3 is 0 Å². The van der Waals surface area contributed by atoms with Crippen LogP contribution in [0.3, 0.4) is 0 Å². The molecular formula is C16H21NOS. The lowest BCUT2D eigenvalue weighted by Crippen LogP contribution is -2.45. The van der Waals surface area contributed by atoms with Gasteiger partial charge in [0.1, 0.15) is 0 Å². The van der Waals surface area contributed by atoms with Crippen LogP contribution in [-0.2, 0) is 0 Å². The van der Waals surface area contributed by atoms with Gasteiger partial charge in [0.05, 0.1) is 9.88 Å². The normalized spacial score (nSPS) is 39.7. The highest BCUT2D eigenvalue weighted by Crippen LogP contribution is 2.57. The van der Waals surface area contributed by atoms with Gasteiger partial charge in [-0.2, -0.15) is 0 Å². The number of rotatable bonds is 3. The summed E-state index contributed by atoms with van der Waals surface area (Å²) in [5.41, 5.74) is 5.73. The van der Waals surface area contributed by atoms with Crippen LogP contribution in [0.4, 0.5) is 5.00 Å². The molecule has 4 saturated carbocycles. The standard InChI is InChI=1S/C16H21NOS/c17-16-2-1-15(19-16)14(18)8-13-11-4-9-3-10(6-11)7-12(13)5-9/h1-2,9-13H,3-8,17H2. The summed E-state index contributed by atoms with van der Waals surface area (Å²) in [6.07, 6.45) is 7.86. The summed E-state index contributed by atoms with van der Waals surface area (Å²) in [5.74, 6) is 4.68. The number of anilines is 1. The van der Waals surface area contributed by atoms with Gasteiger partial charge < -0.3 is 5.73 Å². The Morgan fingerprint density at radius 2 is 1.74 bits per heavy atom. The molecule has 0 aliphatic heterocycles. The van der Waals surface area contributed by atoms with E-state index >= 15 is 0 Å². The van der Waals surface area contributed by atoms with Crippen molar-refractivity contribution in [3.63, 3.8) is 0 Å². The lowest BCUT2D eigenvalue weighted by atomic mass is 9.51. The Morgan fingerprint density at radius 3 is 2.26 bits per heavy atom. The van der Waals surface area contributed by atoms with Gasteiger partial charge in [0, 0.05) is 6.42 Å². The van der Waals surface area contributed by atoms with Crippen molar-refractivity contribution in [2.24, 2.45) is 29.6 Å². The van der Waals surface area contributed by atoms with E-state index in [-0.39, 0.29) is 0 Å². The number of hydrogen-bond acceptors (Lipinski definition) is 3. The molecule has 1 aromatic rings. The van der Waals surface area contributed by atoms with E-state index in [0.29, 0.717) is 11.7 Å². The van der Waals surface area contributed by atoms with Gasteiger partial charge in [-0.3, -0.25) is 4.79 Å². The van der Waals surface area contributed by atoms with Gasteiger partial charge in [0.25, 0.3) is 0 Å². The zero-order chi connectivity index (χ0) is 13.0. The number of nitrogen functional groups attached to an aromatic ring is 1. The van der Waals surface area contributed by atoms with Crippen LogP contribution in [0.2, 0.25) is 0 Å². The first-order valence-electron chi connectivity index (χ1n) is 7.57. The van der Waals surface area contributed by atoms with Crippen molar-refractivity contribution in [2.45, 2.75) is 38.5 Å². The molecular weight excluding hydrogens is 254 g/mol. The second-order valence-corrected chi connectivity index (χ2v) is 8.04. The zero-order valence-corrected chi connectivity index (χ0v) is 12.0. The molecule has 0 atom stereocenters. The third-order valence-electron chi connectivity index (χ3n) is 5.74. The Bertz CT molecular complexity index is 479. The van der Waals surface area contributed by atoms with Crippen molar-refractivity contribution >= 4 is 22.1 Å². The molecule has 0 amide bonds. The maximum Gasteiger partial charge on any atom is 0.173 e. The second kappa shape index (κ2) is 4.34. The molecule has 0 aromatic carbocycles. The lowest BCUT2D eigenvalue weighted by molar-refractivity contribution is -0.0366. The van der Waals surface area contributed by atoms with Crippen molar-refractivity contribution in [1.29, 1.82) is 0 Å². The Balaban J connectivity index is 1.49. The first-order chi connectivity index (χ1) is 9.19. The first-order valence-corrected chi connectivity index (χ1v) is 8.39. The van der Waals surface area contributed by atoms with Crippen LogP contribution >= 0.6 is 11.3 Å². The minimum absolute atomic E-state index is 0.333. The van der Waals surface area contributed by atoms with E-state index in [1.165, 1.54) is 43.4 Å². The van der Waals surface area contributed by atoms with Crippen LogP contribution in [0.15, 0.2) is 12.1 Å². The zero-order valence-electron chi connectivity index (χ0n) is 11.2.